The lowest BCUT2D eigenvalue weighted by molar-refractivity contribution is 0.163. The van der Waals surface area contributed by atoms with Crippen molar-refractivity contribution in [1.29, 1.82) is 0 Å². The zero-order valence-corrected chi connectivity index (χ0v) is 8.56. The molecule has 0 aliphatic rings. The quantitative estimate of drug-likeness (QED) is 0.513. The van der Waals surface area contributed by atoms with E-state index in [2.05, 4.69) is 0 Å². The summed E-state index contributed by atoms with van der Waals surface area (Å²) in [5.74, 6) is 0. The summed E-state index contributed by atoms with van der Waals surface area (Å²) < 4.78 is 14.2. The molecule has 0 aromatic rings. The van der Waals surface area contributed by atoms with Gasteiger partial charge in [-0.05, 0) is 6.92 Å². The molecular weight excluding hydrogens is 164 g/mol. The molecule has 0 aliphatic heterocycles. The standard InChI is InChI=1S/C3H10O3Si.C3H6O/c1-4-7(5-2)6-3;1-2-3-4/h7H,1-3H3;2-4H,1H3. The molecule has 0 saturated carbocycles. The van der Waals surface area contributed by atoms with Crippen LogP contribution in [0, 0.1) is 0 Å². The Labute approximate surface area is 69.4 Å². The molecule has 0 radical (unpaired) electrons. The summed E-state index contributed by atoms with van der Waals surface area (Å²) in [5.41, 5.74) is 0. The maximum Gasteiger partial charge on any atom is 0.483 e. The van der Waals surface area contributed by atoms with Gasteiger partial charge in [0.25, 0.3) is 0 Å². The smallest absolute Gasteiger partial charge is 0.483 e. The average molecular weight is 180 g/mol. The van der Waals surface area contributed by atoms with Crippen LogP contribution in [0.2, 0.25) is 0 Å². The summed E-state index contributed by atoms with van der Waals surface area (Å²) in [6.07, 6.45) is 2.56. The lowest BCUT2D eigenvalue weighted by atomic mass is 10.8. The zero-order valence-electron chi connectivity index (χ0n) is 7.40. The molecule has 0 heterocycles. The Morgan fingerprint density at radius 2 is 1.36 bits per heavy atom. The molecule has 0 unspecified atom stereocenters. The van der Waals surface area contributed by atoms with Crippen LogP contribution in [0.25, 0.3) is 0 Å². The SMILES string of the molecule is CC=CO.CO[SiH](OC)OC. The van der Waals surface area contributed by atoms with Crippen LogP contribution in [-0.4, -0.2) is 36.0 Å². The molecule has 0 atom stereocenters. The molecule has 0 aromatic heterocycles. The van der Waals surface area contributed by atoms with E-state index in [0.717, 1.165) is 6.26 Å². The lowest BCUT2D eigenvalue weighted by Crippen LogP contribution is -2.21. The largest absolute Gasteiger partial charge is 0.516 e. The maximum atomic E-state index is 7.69. The predicted octanol–water partition coefficient (Wildman–Crippen LogP) is 0.721. The molecule has 0 saturated heterocycles. The van der Waals surface area contributed by atoms with Crippen LogP contribution in [0.15, 0.2) is 12.3 Å². The van der Waals surface area contributed by atoms with Gasteiger partial charge in [0.05, 0.1) is 6.26 Å². The second-order valence-corrected chi connectivity index (χ2v) is 3.47. The molecule has 0 aliphatic carbocycles. The summed E-state index contributed by atoms with van der Waals surface area (Å²) in [4.78, 5) is 0. The summed E-state index contributed by atoms with van der Waals surface area (Å²) in [6, 6.07) is 0. The molecule has 68 valence electrons. The summed E-state index contributed by atoms with van der Waals surface area (Å²) in [5, 5.41) is 7.69. The van der Waals surface area contributed by atoms with E-state index in [0.29, 0.717) is 0 Å². The summed E-state index contributed by atoms with van der Waals surface area (Å²) in [6.45, 7) is 1.75. The lowest BCUT2D eigenvalue weighted by Gasteiger charge is -2.05. The number of allylic oxidation sites excluding steroid dienone is 1. The molecule has 11 heavy (non-hydrogen) atoms. The summed E-state index contributed by atoms with van der Waals surface area (Å²) in [7, 11) is 3.05. The van der Waals surface area contributed by atoms with Crippen molar-refractivity contribution >= 4 is 9.53 Å². The molecule has 5 heteroatoms. The van der Waals surface area contributed by atoms with Gasteiger partial charge in [-0.2, -0.15) is 0 Å². The first-order chi connectivity index (χ1) is 5.26. The van der Waals surface area contributed by atoms with Gasteiger partial charge in [-0.1, -0.05) is 6.08 Å². The maximum absolute atomic E-state index is 7.69. The van der Waals surface area contributed by atoms with Crippen molar-refractivity contribution in [3.63, 3.8) is 0 Å². The predicted molar refractivity (Wildman–Crippen MR) is 45.6 cm³/mol. The topological polar surface area (TPSA) is 47.9 Å². The third-order valence-corrected chi connectivity index (χ3v) is 1.88. The highest BCUT2D eigenvalue weighted by atomic mass is 28.3. The van der Waals surface area contributed by atoms with Crippen molar-refractivity contribution in [3.05, 3.63) is 12.3 Å². The van der Waals surface area contributed by atoms with Crippen LogP contribution in [-0.2, 0) is 13.3 Å². The third kappa shape index (κ3) is 12.8. The van der Waals surface area contributed by atoms with E-state index in [-0.39, 0.29) is 0 Å². The Bertz CT molecular complexity index is 73.1. The molecule has 0 spiro atoms. The van der Waals surface area contributed by atoms with Crippen molar-refractivity contribution in [3.8, 4) is 0 Å². The molecule has 0 fully saturated rings. The summed E-state index contributed by atoms with van der Waals surface area (Å²) >= 11 is 0. The van der Waals surface area contributed by atoms with Gasteiger partial charge < -0.3 is 18.4 Å². The van der Waals surface area contributed by atoms with Crippen molar-refractivity contribution in [2.45, 2.75) is 6.92 Å². The van der Waals surface area contributed by atoms with Crippen LogP contribution in [0.1, 0.15) is 6.92 Å². The second-order valence-electron chi connectivity index (χ2n) is 1.48. The van der Waals surface area contributed by atoms with Crippen molar-refractivity contribution in [1.82, 2.24) is 0 Å². The number of aliphatic hydroxyl groups is 1. The minimum Gasteiger partial charge on any atom is -0.516 e. The number of hydrogen-bond donors (Lipinski definition) is 1. The fraction of sp³-hybridized carbons (Fsp3) is 0.667. The van der Waals surface area contributed by atoms with Crippen LogP contribution < -0.4 is 0 Å². The Balaban J connectivity index is 0. The monoisotopic (exact) mass is 180 g/mol. The molecular formula is C6H16O4Si. The van der Waals surface area contributed by atoms with Crippen LogP contribution >= 0.6 is 0 Å². The second kappa shape index (κ2) is 12.3. The van der Waals surface area contributed by atoms with E-state index < -0.39 is 9.53 Å². The highest BCUT2D eigenvalue weighted by molar-refractivity contribution is 6.36. The van der Waals surface area contributed by atoms with E-state index in [1.165, 1.54) is 0 Å². The van der Waals surface area contributed by atoms with Crippen LogP contribution in [0.5, 0.6) is 0 Å². The van der Waals surface area contributed by atoms with Crippen LogP contribution in [0.3, 0.4) is 0 Å². The van der Waals surface area contributed by atoms with Gasteiger partial charge >= 0.3 is 9.53 Å². The highest BCUT2D eigenvalue weighted by Gasteiger charge is 2.04. The van der Waals surface area contributed by atoms with Gasteiger partial charge in [-0.3, -0.25) is 0 Å². The average Bonchev–Trinajstić information content (AvgIpc) is 2.08. The van der Waals surface area contributed by atoms with Crippen LogP contribution in [0.4, 0.5) is 0 Å². The van der Waals surface area contributed by atoms with Gasteiger partial charge in [0, 0.05) is 21.3 Å². The molecule has 0 aromatic carbocycles. The van der Waals surface area contributed by atoms with E-state index in [4.69, 9.17) is 18.4 Å². The van der Waals surface area contributed by atoms with E-state index in [1.807, 2.05) is 0 Å². The molecule has 4 nitrogen and oxygen atoms in total. The molecule has 1 N–H and O–H groups in total. The zero-order chi connectivity index (χ0) is 9.11. The third-order valence-electron chi connectivity index (χ3n) is 0.726. The fourth-order valence-corrected chi connectivity index (χ4v) is 0.866. The van der Waals surface area contributed by atoms with Gasteiger partial charge in [0.15, 0.2) is 0 Å². The molecule has 0 amide bonds. The van der Waals surface area contributed by atoms with Gasteiger partial charge in [-0.25, -0.2) is 0 Å². The highest BCUT2D eigenvalue weighted by Crippen LogP contribution is 1.81. The minimum absolute atomic E-state index is 1.00. The van der Waals surface area contributed by atoms with E-state index in [1.54, 1.807) is 34.3 Å². The Morgan fingerprint density at radius 3 is 1.36 bits per heavy atom. The van der Waals surface area contributed by atoms with Gasteiger partial charge in [0.2, 0.25) is 0 Å². The minimum atomic E-state index is -1.67. The Hall–Kier alpha value is -0.363. The van der Waals surface area contributed by atoms with Crippen molar-refractivity contribution in [2.24, 2.45) is 0 Å². The first-order valence-electron chi connectivity index (χ1n) is 3.10. The normalized spacial score (nSPS) is 9.91. The Kier molecular flexibility index (Phi) is 14.8. The van der Waals surface area contributed by atoms with Gasteiger partial charge in [0.1, 0.15) is 0 Å². The van der Waals surface area contributed by atoms with E-state index in [9.17, 15) is 0 Å². The number of hydrogen-bond acceptors (Lipinski definition) is 4. The molecule has 0 rings (SSSR count). The number of rotatable bonds is 3. The first kappa shape index (κ1) is 13.2. The van der Waals surface area contributed by atoms with Crippen molar-refractivity contribution < 1.29 is 18.4 Å². The fourth-order valence-electron chi connectivity index (χ4n) is 0.289. The van der Waals surface area contributed by atoms with E-state index >= 15 is 0 Å². The Morgan fingerprint density at radius 1 is 1.09 bits per heavy atom. The molecule has 0 bridgehead atoms. The van der Waals surface area contributed by atoms with Crippen molar-refractivity contribution in [2.75, 3.05) is 21.3 Å². The number of aliphatic hydroxyl groups excluding tert-OH is 1. The first-order valence-corrected chi connectivity index (χ1v) is 4.51. The van der Waals surface area contributed by atoms with Gasteiger partial charge in [-0.15, -0.1) is 0 Å².